The van der Waals surface area contributed by atoms with E-state index in [1.54, 1.807) is 47.6 Å². The highest BCUT2D eigenvalue weighted by atomic mass is 16.5. The smallest absolute Gasteiger partial charge is 0.242 e. The molecule has 8 heteroatoms. The number of rotatable bonds is 4. The maximum absolute atomic E-state index is 12.4. The van der Waals surface area contributed by atoms with Crippen molar-refractivity contribution in [3.8, 4) is 0 Å². The quantitative estimate of drug-likeness (QED) is 0.875. The molecule has 22 heavy (non-hydrogen) atoms. The van der Waals surface area contributed by atoms with Crippen molar-refractivity contribution < 1.29 is 9.53 Å². The van der Waals surface area contributed by atoms with Crippen molar-refractivity contribution in [2.45, 2.75) is 12.6 Å². The molecule has 3 heterocycles. The van der Waals surface area contributed by atoms with Crippen molar-refractivity contribution in [1.29, 1.82) is 0 Å². The number of nitrogens with one attached hydrogen (secondary N) is 1. The van der Waals surface area contributed by atoms with Crippen LogP contribution in [0.2, 0.25) is 0 Å². The van der Waals surface area contributed by atoms with E-state index in [0.29, 0.717) is 25.5 Å². The van der Waals surface area contributed by atoms with Gasteiger partial charge in [0.2, 0.25) is 5.91 Å². The van der Waals surface area contributed by atoms with E-state index in [9.17, 15) is 4.79 Å². The lowest BCUT2D eigenvalue weighted by molar-refractivity contribution is -0.139. The topological polar surface area (TPSA) is 85.2 Å². The Hall–Kier alpha value is -2.48. The summed E-state index contributed by atoms with van der Waals surface area (Å²) in [4.78, 5) is 26.7. The molecule has 1 amide bonds. The van der Waals surface area contributed by atoms with Crippen LogP contribution in [-0.4, -0.2) is 57.1 Å². The summed E-state index contributed by atoms with van der Waals surface area (Å²) >= 11 is 0. The molecule has 8 nitrogen and oxygen atoms in total. The average molecular weight is 302 g/mol. The number of ether oxygens (including phenoxy) is 1. The lowest BCUT2D eigenvalue weighted by atomic mass is 10.2. The third-order valence-corrected chi connectivity index (χ3v) is 3.56. The van der Waals surface area contributed by atoms with Crippen LogP contribution in [0.5, 0.6) is 0 Å². The van der Waals surface area contributed by atoms with E-state index in [4.69, 9.17) is 4.74 Å². The molecule has 0 aromatic carbocycles. The standard InChI is InChI=1S/C14H18N6O2/c1-15-14-13(17-2-3-18-14)11-8-20(6-7-22-11)12(21)9-19-5-4-16-10-19/h2-5,10-11H,6-9H2,1H3,(H,15,18). The maximum atomic E-state index is 12.4. The highest BCUT2D eigenvalue weighted by Crippen LogP contribution is 2.25. The molecule has 1 aliphatic heterocycles. The molecule has 1 atom stereocenters. The summed E-state index contributed by atoms with van der Waals surface area (Å²) in [5, 5.41) is 3.00. The lowest BCUT2D eigenvalue weighted by Gasteiger charge is -2.33. The van der Waals surface area contributed by atoms with Crippen molar-refractivity contribution in [1.82, 2.24) is 24.4 Å². The van der Waals surface area contributed by atoms with E-state index in [-0.39, 0.29) is 18.6 Å². The van der Waals surface area contributed by atoms with Crippen LogP contribution in [0.3, 0.4) is 0 Å². The molecular formula is C14H18N6O2. The third-order valence-electron chi connectivity index (χ3n) is 3.56. The minimum Gasteiger partial charge on any atom is -0.372 e. The largest absolute Gasteiger partial charge is 0.372 e. The molecule has 1 N–H and O–H groups in total. The molecule has 0 bridgehead atoms. The summed E-state index contributed by atoms with van der Waals surface area (Å²) in [5.41, 5.74) is 0.727. The molecule has 1 aliphatic rings. The highest BCUT2D eigenvalue weighted by molar-refractivity contribution is 5.76. The molecular weight excluding hydrogens is 284 g/mol. The van der Waals surface area contributed by atoms with Gasteiger partial charge in [-0.1, -0.05) is 0 Å². The predicted molar refractivity (Wildman–Crippen MR) is 79.1 cm³/mol. The van der Waals surface area contributed by atoms with Gasteiger partial charge in [-0.15, -0.1) is 0 Å². The SMILES string of the molecule is CNc1nccnc1C1CN(C(=O)Cn2ccnc2)CCO1. The van der Waals surface area contributed by atoms with Gasteiger partial charge >= 0.3 is 0 Å². The minimum absolute atomic E-state index is 0.0428. The fourth-order valence-corrected chi connectivity index (χ4v) is 2.45. The molecule has 0 radical (unpaired) electrons. The molecule has 1 unspecified atom stereocenters. The first-order chi connectivity index (χ1) is 10.8. The number of hydrogen-bond acceptors (Lipinski definition) is 6. The fraction of sp³-hybridized carbons (Fsp3) is 0.429. The van der Waals surface area contributed by atoms with Gasteiger partial charge in [0, 0.05) is 38.4 Å². The van der Waals surface area contributed by atoms with Crippen molar-refractivity contribution >= 4 is 11.7 Å². The Balaban J connectivity index is 1.70. The molecule has 0 spiro atoms. The van der Waals surface area contributed by atoms with E-state index in [1.807, 2.05) is 0 Å². The molecule has 1 fully saturated rings. The van der Waals surface area contributed by atoms with Crippen molar-refractivity contribution in [3.05, 3.63) is 36.8 Å². The average Bonchev–Trinajstić information content (AvgIpc) is 3.08. The number of anilines is 1. The molecule has 1 saturated heterocycles. The van der Waals surface area contributed by atoms with Gasteiger partial charge in [-0.05, 0) is 0 Å². The zero-order chi connectivity index (χ0) is 15.4. The van der Waals surface area contributed by atoms with Gasteiger partial charge in [0.25, 0.3) is 0 Å². The minimum atomic E-state index is -0.267. The number of carbonyl (C=O) groups is 1. The summed E-state index contributed by atoms with van der Waals surface area (Å²) in [6, 6.07) is 0. The Morgan fingerprint density at radius 3 is 3.05 bits per heavy atom. The van der Waals surface area contributed by atoms with E-state index in [2.05, 4.69) is 20.3 Å². The fourth-order valence-electron chi connectivity index (χ4n) is 2.45. The second kappa shape index (κ2) is 6.52. The number of carbonyl (C=O) groups excluding carboxylic acids is 1. The Bertz CT molecular complexity index is 630. The number of aromatic nitrogens is 4. The van der Waals surface area contributed by atoms with Gasteiger partial charge < -0.3 is 19.5 Å². The normalized spacial score (nSPS) is 18.2. The first-order valence-corrected chi connectivity index (χ1v) is 7.11. The number of nitrogens with zero attached hydrogens (tertiary/aromatic N) is 5. The van der Waals surface area contributed by atoms with Crippen LogP contribution in [0, 0.1) is 0 Å². The molecule has 0 saturated carbocycles. The van der Waals surface area contributed by atoms with Gasteiger partial charge in [-0.25, -0.2) is 9.97 Å². The summed E-state index contributed by atoms with van der Waals surface area (Å²) < 4.78 is 7.52. The Morgan fingerprint density at radius 2 is 2.27 bits per heavy atom. The van der Waals surface area contributed by atoms with E-state index < -0.39 is 0 Å². The van der Waals surface area contributed by atoms with E-state index in [1.165, 1.54) is 0 Å². The number of imidazole rings is 1. The van der Waals surface area contributed by atoms with Crippen molar-refractivity contribution in [2.75, 3.05) is 32.1 Å². The van der Waals surface area contributed by atoms with Crippen LogP contribution < -0.4 is 5.32 Å². The molecule has 0 aliphatic carbocycles. The molecule has 2 aromatic heterocycles. The molecule has 2 aromatic rings. The zero-order valence-corrected chi connectivity index (χ0v) is 12.3. The number of morpholine rings is 1. The Kier molecular flexibility index (Phi) is 4.29. The predicted octanol–water partition coefficient (Wildman–Crippen LogP) is 0.315. The van der Waals surface area contributed by atoms with Crippen LogP contribution >= 0.6 is 0 Å². The second-order valence-electron chi connectivity index (χ2n) is 4.97. The van der Waals surface area contributed by atoms with Gasteiger partial charge in [0.1, 0.15) is 24.2 Å². The van der Waals surface area contributed by atoms with E-state index >= 15 is 0 Å². The van der Waals surface area contributed by atoms with E-state index in [0.717, 1.165) is 5.69 Å². The maximum Gasteiger partial charge on any atom is 0.242 e. The second-order valence-corrected chi connectivity index (χ2v) is 4.97. The third kappa shape index (κ3) is 3.06. The van der Waals surface area contributed by atoms with Gasteiger partial charge in [-0.3, -0.25) is 9.78 Å². The Labute approximate surface area is 128 Å². The molecule has 3 rings (SSSR count). The number of amides is 1. The van der Waals surface area contributed by atoms with Gasteiger partial charge in [0.05, 0.1) is 19.5 Å². The Morgan fingerprint density at radius 1 is 1.41 bits per heavy atom. The van der Waals surface area contributed by atoms with Crippen LogP contribution in [0.1, 0.15) is 11.8 Å². The van der Waals surface area contributed by atoms with Gasteiger partial charge in [-0.2, -0.15) is 0 Å². The zero-order valence-electron chi connectivity index (χ0n) is 12.3. The first kappa shape index (κ1) is 14.5. The summed E-state index contributed by atoms with van der Waals surface area (Å²) in [7, 11) is 1.79. The first-order valence-electron chi connectivity index (χ1n) is 7.11. The number of hydrogen-bond donors (Lipinski definition) is 1. The monoisotopic (exact) mass is 302 g/mol. The summed E-state index contributed by atoms with van der Waals surface area (Å²) in [5.74, 6) is 0.720. The van der Waals surface area contributed by atoms with Crippen LogP contribution in [-0.2, 0) is 16.1 Å². The van der Waals surface area contributed by atoms with Crippen LogP contribution in [0.25, 0.3) is 0 Å². The van der Waals surface area contributed by atoms with Gasteiger partial charge in [0.15, 0.2) is 0 Å². The molecule has 116 valence electrons. The van der Waals surface area contributed by atoms with Crippen LogP contribution in [0.4, 0.5) is 5.82 Å². The highest BCUT2D eigenvalue weighted by Gasteiger charge is 2.28. The van der Waals surface area contributed by atoms with Crippen molar-refractivity contribution in [3.63, 3.8) is 0 Å². The lowest BCUT2D eigenvalue weighted by Crippen LogP contribution is -2.43. The van der Waals surface area contributed by atoms with Crippen LogP contribution in [0.15, 0.2) is 31.1 Å². The summed E-state index contributed by atoms with van der Waals surface area (Å²) in [6.07, 6.45) is 8.06. The van der Waals surface area contributed by atoms with Crippen molar-refractivity contribution in [2.24, 2.45) is 0 Å². The summed E-state index contributed by atoms with van der Waals surface area (Å²) in [6.45, 7) is 1.83.